The Kier molecular flexibility index (Phi) is 4.84. The Morgan fingerprint density at radius 3 is 2.46 bits per heavy atom. The largest absolute Gasteiger partial charge is 0.388 e. The summed E-state index contributed by atoms with van der Waals surface area (Å²) in [6.07, 6.45) is 3.73. The zero-order valence-electron chi connectivity index (χ0n) is 16.6. The van der Waals surface area contributed by atoms with Gasteiger partial charge in [-0.25, -0.2) is 12.4 Å². The zero-order valence-corrected chi connectivity index (χ0v) is 17.4. The second kappa shape index (κ2) is 7.05. The van der Waals surface area contributed by atoms with Gasteiger partial charge in [0.15, 0.2) is 0 Å². The van der Waals surface area contributed by atoms with E-state index in [0.717, 1.165) is 40.4 Å². The van der Waals surface area contributed by atoms with Crippen LogP contribution in [0.4, 0.5) is 0 Å². The van der Waals surface area contributed by atoms with Gasteiger partial charge in [0.25, 0.3) is 10.0 Å². The molecule has 1 N–H and O–H groups in total. The number of fused-ring (bicyclic) bond motifs is 3. The fraction of sp³-hybridized carbons (Fsp3) is 0.391. The first-order valence-electron chi connectivity index (χ1n) is 10.0. The van der Waals surface area contributed by atoms with Crippen LogP contribution >= 0.6 is 0 Å². The SMILES string of the molecule is CCCC(O)c1cc2ccn(S(=O)(=O)c3ccccc3)c2c2c1[C@H](C)C[C@H]2C. The minimum Gasteiger partial charge on any atom is -0.388 e. The minimum atomic E-state index is -3.67. The van der Waals surface area contributed by atoms with Gasteiger partial charge in [-0.3, -0.25) is 0 Å². The van der Waals surface area contributed by atoms with Gasteiger partial charge in [0.2, 0.25) is 0 Å². The van der Waals surface area contributed by atoms with Crippen LogP contribution in [0.1, 0.15) is 74.7 Å². The first-order valence-corrected chi connectivity index (χ1v) is 11.5. The number of rotatable bonds is 5. The predicted octanol–water partition coefficient (Wildman–Crippen LogP) is 5.32. The Morgan fingerprint density at radius 1 is 1.11 bits per heavy atom. The summed E-state index contributed by atoms with van der Waals surface area (Å²) < 4.78 is 28.1. The van der Waals surface area contributed by atoms with Crippen LogP contribution in [0.2, 0.25) is 0 Å². The Morgan fingerprint density at radius 2 is 1.79 bits per heavy atom. The van der Waals surface area contributed by atoms with Crippen LogP contribution in [0.15, 0.2) is 53.6 Å². The molecule has 1 aromatic heterocycles. The van der Waals surface area contributed by atoms with E-state index in [1.165, 1.54) is 3.97 Å². The topological polar surface area (TPSA) is 59.3 Å². The molecule has 28 heavy (non-hydrogen) atoms. The molecule has 0 spiro atoms. The van der Waals surface area contributed by atoms with Gasteiger partial charge in [-0.2, -0.15) is 0 Å². The van der Waals surface area contributed by atoms with E-state index >= 15 is 0 Å². The molecule has 4 nitrogen and oxygen atoms in total. The molecule has 0 saturated carbocycles. The Labute approximate surface area is 166 Å². The molecule has 0 saturated heterocycles. The van der Waals surface area contributed by atoms with Crippen molar-refractivity contribution in [1.29, 1.82) is 0 Å². The molecule has 0 fully saturated rings. The molecular formula is C23H27NO3S. The fourth-order valence-electron chi connectivity index (χ4n) is 4.77. The lowest BCUT2D eigenvalue weighted by atomic mass is 9.90. The number of hydrogen-bond donors (Lipinski definition) is 1. The van der Waals surface area contributed by atoms with Crippen molar-refractivity contribution in [3.8, 4) is 0 Å². The van der Waals surface area contributed by atoms with Crippen molar-refractivity contribution in [2.75, 3.05) is 0 Å². The average Bonchev–Trinajstić information content (AvgIpc) is 3.23. The lowest BCUT2D eigenvalue weighted by Gasteiger charge is -2.20. The molecule has 3 atom stereocenters. The number of aliphatic hydroxyl groups excluding tert-OH is 1. The number of benzene rings is 2. The molecule has 0 amide bonds. The third kappa shape index (κ3) is 2.88. The molecule has 1 aliphatic carbocycles. The highest BCUT2D eigenvalue weighted by atomic mass is 32.2. The third-order valence-electron chi connectivity index (χ3n) is 5.96. The van der Waals surface area contributed by atoms with E-state index < -0.39 is 16.1 Å². The molecule has 1 heterocycles. The Bertz CT molecular complexity index is 1120. The van der Waals surface area contributed by atoms with Crippen molar-refractivity contribution in [3.05, 3.63) is 65.4 Å². The smallest absolute Gasteiger partial charge is 0.268 e. The lowest BCUT2D eigenvalue weighted by molar-refractivity contribution is 0.165. The van der Waals surface area contributed by atoms with E-state index in [9.17, 15) is 13.5 Å². The molecule has 4 rings (SSSR count). The van der Waals surface area contributed by atoms with Crippen LogP contribution in [-0.2, 0) is 10.0 Å². The third-order valence-corrected chi connectivity index (χ3v) is 7.65. The summed E-state index contributed by atoms with van der Waals surface area (Å²) in [7, 11) is -3.67. The standard InChI is InChI=1S/C23H27NO3S/c1-4-8-20(25)19-14-17-11-12-24(28(26,27)18-9-6-5-7-10-18)23(17)22-16(3)13-15(2)21(19)22/h5-7,9-12,14-16,20,25H,4,8,13H2,1-3H3/t15-,16-,20?/m1/s1. The highest BCUT2D eigenvalue weighted by molar-refractivity contribution is 7.90. The highest BCUT2D eigenvalue weighted by Gasteiger charge is 2.34. The second-order valence-corrected chi connectivity index (χ2v) is 9.82. The van der Waals surface area contributed by atoms with Crippen LogP contribution in [-0.4, -0.2) is 17.5 Å². The number of aliphatic hydroxyl groups is 1. The lowest BCUT2D eigenvalue weighted by Crippen LogP contribution is -2.13. The molecule has 0 bridgehead atoms. The van der Waals surface area contributed by atoms with Crippen molar-refractivity contribution in [3.63, 3.8) is 0 Å². The normalized spacial score (nSPS) is 20.4. The average molecular weight is 398 g/mol. The van der Waals surface area contributed by atoms with Crippen molar-refractivity contribution < 1.29 is 13.5 Å². The quantitative estimate of drug-likeness (QED) is 0.634. The summed E-state index contributed by atoms with van der Waals surface area (Å²) in [5.74, 6) is 0.555. The van der Waals surface area contributed by atoms with E-state index in [1.807, 2.05) is 18.2 Å². The van der Waals surface area contributed by atoms with Gasteiger partial charge in [-0.05, 0) is 65.6 Å². The van der Waals surface area contributed by atoms with Crippen LogP contribution in [0.3, 0.4) is 0 Å². The van der Waals surface area contributed by atoms with E-state index in [2.05, 4.69) is 20.8 Å². The van der Waals surface area contributed by atoms with E-state index in [-0.39, 0.29) is 10.8 Å². The summed E-state index contributed by atoms with van der Waals surface area (Å²) in [4.78, 5) is 0.287. The number of aromatic nitrogens is 1. The van der Waals surface area contributed by atoms with Crippen LogP contribution in [0, 0.1) is 0 Å². The molecule has 2 aromatic carbocycles. The molecule has 1 aliphatic rings. The molecule has 3 aromatic rings. The van der Waals surface area contributed by atoms with Gasteiger partial charge < -0.3 is 5.11 Å². The minimum absolute atomic E-state index is 0.251. The number of nitrogens with zero attached hydrogens (tertiary/aromatic N) is 1. The van der Waals surface area contributed by atoms with E-state index in [1.54, 1.807) is 30.5 Å². The maximum Gasteiger partial charge on any atom is 0.268 e. The fourth-order valence-corrected chi connectivity index (χ4v) is 6.17. The summed E-state index contributed by atoms with van der Waals surface area (Å²) in [6.45, 7) is 6.40. The van der Waals surface area contributed by atoms with Gasteiger partial charge in [-0.1, -0.05) is 45.4 Å². The van der Waals surface area contributed by atoms with Crippen LogP contribution in [0.25, 0.3) is 10.9 Å². The number of hydrogen-bond acceptors (Lipinski definition) is 3. The Balaban J connectivity index is 2.01. The maximum atomic E-state index is 13.3. The van der Waals surface area contributed by atoms with Crippen molar-refractivity contribution in [1.82, 2.24) is 3.97 Å². The molecule has 0 radical (unpaired) electrons. The molecule has 0 aliphatic heterocycles. The summed E-state index contributed by atoms with van der Waals surface area (Å²) in [5, 5.41) is 11.6. The van der Waals surface area contributed by atoms with Gasteiger partial charge in [0, 0.05) is 11.6 Å². The maximum absolute atomic E-state index is 13.3. The monoisotopic (exact) mass is 397 g/mol. The van der Waals surface area contributed by atoms with E-state index in [0.29, 0.717) is 12.3 Å². The first-order chi connectivity index (χ1) is 13.4. The van der Waals surface area contributed by atoms with Crippen molar-refractivity contribution in [2.24, 2.45) is 0 Å². The Hall–Kier alpha value is -2.11. The second-order valence-electron chi connectivity index (χ2n) is 8.00. The predicted molar refractivity (Wildman–Crippen MR) is 112 cm³/mol. The van der Waals surface area contributed by atoms with Gasteiger partial charge in [0.1, 0.15) is 0 Å². The molecular weight excluding hydrogens is 370 g/mol. The van der Waals surface area contributed by atoms with Crippen molar-refractivity contribution >= 4 is 20.9 Å². The molecule has 5 heteroatoms. The summed E-state index contributed by atoms with van der Waals surface area (Å²) in [5.41, 5.74) is 3.96. The molecule has 148 valence electrons. The van der Waals surface area contributed by atoms with Gasteiger partial charge >= 0.3 is 0 Å². The first kappa shape index (κ1) is 19.2. The summed E-state index contributed by atoms with van der Waals surface area (Å²) >= 11 is 0. The molecule has 1 unspecified atom stereocenters. The van der Waals surface area contributed by atoms with Crippen LogP contribution in [0.5, 0.6) is 0 Å². The van der Waals surface area contributed by atoms with Gasteiger partial charge in [0.05, 0.1) is 16.5 Å². The van der Waals surface area contributed by atoms with Crippen LogP contribution < -0.4 is 0 Å². The van der Waals surface area contributed by atoms with Gasteiger partial charge in [-0.15, -0.1) is 0 Å². The zero-order chi connectivity index (χ0) is 20.1. The van der Waals surface area contributed by atoms with E-state index in [4.69, 9.17) is 0 Å². The van der Waals surface area contributed by atoms with Crippen molar-refractivity contribution in [2.45, 2.75) is 62.9 Å². The summed E-state index contributed by atoms with van der Waals surface area (Å²) in [6, 6.07) is 12.4. The highest BCUT2D eigenvalue weighted by Crippen LogP contribution is 2.49.